The normalized spacial score (nSPS) is 19.6. The van der Waals surface area contributed by atoms with Crippen LogP contribution >= 0.6 is 11.3 Å². The first-order chi connectivity index (χ1) is 8.22. The van der Waals surface area contributed by atoms with Crippen LogP contribution in [-0.4, -0.2) is 24.6 Å². The van der Waals surface area contributed by atoms with Gasteiger partial charge in [-0.3, -0.25) is 0 Å². The first-order valence-corrected chi connectivity index (χ1v) is 7.45. The minimum atomic E-state index is 0.782. The van der Waals surface area contributed by atoms with Gasteiger partial charge in [-0.25, -0.2) is 4.98 Å². The maximum Gasteiger partial charge on any atom is 0.185 e. The zero-order valence-corrected chi connectivity index (χ0v) is 11.5. The van der Waals surface area contributed by atoms with Crippen molar-refractivity contribution in [2.24, 2.45) is 5.92 Å². The molecule has 0 aromatic carbocycles. The van der Waals surface area contributed by atoms with Crippen LogP contribution in [0.25, 0.3) is 0 Å². The van der Waals surface area contributed by atoms with Gasteiger partial charge in [-0.15, -0.1) is 11.3 Å². The number of anilines is 1. The topological polar surface area (TPSA) is 28.2 Å². The fourth-order valence-electron chi connectivity index (χ4n) is 2.03. The smallest absolute Gasteiger partial charge is 0.185 e. The van der Waals surface area contributed by atoms with Crippen LogP contribution in [-0.2, 0) is 6.54 Å². The molecule has 1 aromatic heterocycles. The molecule has 0 saturated heterocycles. The summed E-state index contributed by atoms with van der Waals surface area (Å²) in [5, 5.41) is 4.77. The van der Waals surface area contributed by atoms with Crippen LogP contribution in [0.3, 0.4) is 0 Å². The highest BCUT2D eigenvalue weighted by Crippen LogP contribution is 2.33. The molecule has 0 unspecified atom stereocenters. The van der Waals surface area contributed by atoms with Gasteiger partial charge in [-0.2, -0.15) is 0 Å². The second-order valence-electron chi connectivity index (χ2n) is 5.48. The summed E-state index contributed by atoms with van der Waals surface area (Å²) in [6.45, 7) is 4.32. The van der Waals surface area contributed by atoms with E-state index in [2.05, 4.69) is 24.2 Å². The zero-order chi connectivity index (χ0) is 11.8. The Kier molecular flexibility index (Phi) is 3.09. The van der Waals surface area contributed by atoms with E-state index in [1.165, 1.54) is 47.9 Å². The number of aryl methyl sites for hydroxylation is 1. The van der Waals surface area contributed by atoms with Crippen molar-refractivity contribution in [2.45, 2.75) is 45.2 Å². The number of thiazole rings is 1. The summed E-state index contributed by atoms with van der Waals surface area (Å²) in [6, 6.07) is 0.782. The van der Waals surface area contributed by atoms with Gasteiger partial charge in [-0.05, 0) is 38.5 Å². The van der Waals surface area contributed by atoms with Crippen LogP contribution in [0.2, 0.25) is 0 Å². The Labute approximate surface area is 107 Å². The summed E-state index contributed by atoms with van der Waals surface area (Å²) in [5.74, 6) is 0.928. The van der Waals surface area contributed by atoms with Crippen LogP contribution in [0, 0.1) is 12.8 Å². The lowest BCUT2D eigenvalue weighted by molar-refractivity contribution is 0.691. The highest BCUT2D eigenvalue weighted by Gasteiger charge is 2.25. The molecule has 94 valence electrons. The SMILES string of the molecule is Cc1nc(N(C)CC2CC2)sc1CNC1CC1. The minimum absolute atomic E-state index is 0.782. The monoisotopic (exact) mass is 251 g/mol. The summed E-state index contributed by atoms with van der Waals surface area (Å²) in [4.78, 5) is 8.44. The van der Waals surface area contributed by atoms with Crippen LogP contribution in [0.15, 0.2) is 0 Å². The Morgan fingerprint density at radius 3 is 2.76 bits per heavy atom. The lowest BCUT2D eigenvalue weighted by atomic mass is 10.4. The maximum absolute atomic E-state index is 4.69. The van der Waals surface area contributed by atoms with E-state index in [1.807, 2.05) is 11.3 Å². The maximum atomic E-state index is 4.69. The molecule has 0 spiro atoms. The van der Waals surface area contributed by atoms with Gasteiger partial charge in [0.1, 0.15) is 0 Å². The fourth-order valence-corrected chi connectivity index (χ4v) is 3.01. The summed E-state index contributed by atoms with van der Waals surface area (Å²) >= 11 is 1.86. The number of aromatic nitrogens is 1. The molecule has 3 rings (SSSR count). The van der Waals surface area contributed by atoms with Crippen LogP contribution in [0.4, 0.5) is 5.13 Å². The molecule has 4 heteroatoms. The summed E-state index contributed by atoms with van der Waals surface area (Å²) in [5.41, 5.74) is 1.21. The second kappa shape index (κ2) is 4.58. The number of hydrogen-bond donors (Lipinski definition) is 1. The van der Waals surface area contributed by atoms with E-state index in [-0.39, 0.29) is 0 Å². The van der Waals surface area contributed by atoms with E-state index in [0.717, 1.165) is 18.5 Å². The minimum Gasteiger partial charge on any atom is -0.351 e. The quantitative estimate of drug-likeness (QED) is 0.842. The highest BCUT2D eigenvalue weighted by atomic mass is 32.1. The van der Waals surface area contributed by atoms with E-state index in [4.69, 9.17) is 4.98 Å². The van der Waals surface area contributed by atoms with Crippen LogP contribution < -0.4 is 10.2 Å². The Balaban J connectivity index is 1.60. The summed E-state index contributed by atoms with van der Waals surface area (Å²) in [7, 11) is 2.18. The third kappa shape index (κ3) is 2.99. The van der Waals surface area contributed by atoms with E-state index < -0.39 is 0 Å². The van der Waals surface area contributed by atoms with E-state index >= 15 is 0 Å². The Hall–Kier alpha value is -0.610. The van der Waals surface area contributed by atoms with Crippen molar-refractivity contribution < 1.29 is 0 Å². The van der Waals surface area contributed by atoms with Crippen molar-refractivity contribution in [1.82, 2.24) is 10.3 Å². The van der Waals surface area contributed by atoms with Crippen molar-refractivity contribution >= 4 is 16.5 Å². The third-order valence-corrected chi connectivity index (χ3v) is 4.84. The van der Waals surface area contributed by atoms with Gasteiger partial charge in [0.2, 0.25) is 0 Å². The highest BCUT2D eigenvalue weighted by molar-refractivity contribution is 7.15. The van der Waals surface area contributed by atoms with Gasteiger partial charge in [0.25, 0.3) is 0 Å². The first kappa shape index (κ1) is 11.5. The molecule has 1 N–H and O–H groups in total. The van der Waals surface area contributed by atoms with Crippen molar-refractivity contribution in [1.29, 1.82) is 0 Å². The van der Waals surface area contributed by atoms with Gasteiger partial charge in [0, 0.05) is 31.1 Å². The summed E-state index contributed by atoms with van der Waals surface area (Å²) in [6.07, 6.45) is 5.52. The van der Waals surface area contributed by atoms with Gasteiger partial charge in [-0.1, -0.05) is 0 Å². The molecule has 17 heavy (non-hydrogen) atoms. The standard InChI is InChI=1S/C13H21N3S/c1-9-12(7-14-11-5-6-11)17-13(15-9)16(2)8-10-3-4-10/h10-11,14H,3-8H2,1-2H3. The predicted octanol–water partition coefficient (Wildman–Crippen LogP) is 2.55. The molecular formula is C13H21N3S. The third-order valence-electron chi connectivity index (χ3n) is 3.57. The van der Waals surface area contributed by atoms with E-state index in [9.17, 15) is 0 Å². The van der Waals surface area contributed by atoms with Gasteiger partial charge in [0.05, 0.1) is 5.69 Å². The van der Waals surface area contributed by atoms with Crippen LogP contribution in [0.5, 0.6) is 0 Å². The largest absolute Gasteiger partial charge is 0.351 e. The van der Waals surface area contributed by atoms with E-state index in [1.54, 1.807) is 0 Å². The molecule has 1 heterocycles. The molecule has 2 saturated carbocycles. The van der Waals surface area contributed by atoms with Crippen LogP contribution in [0.1, 0.15) is 36.3 Å². The molecule has 2 aliphatic carbocycles. The molecule has 0 radical (unpaired) electrons. The fraction of sp³-hybridized carbons (Fsp3) is 0.769. The van der Waals surface area contributed by atoms with Crippen molar-refractivity contribution in [3.8, 4) is 0 Å². The molecule has 0 bridgehead atoms. The lowest BCUT2D eigenvalue weighted by Gasteiger charge is -2.14. The second-order valence-corrected chi connectivity index (χ2v) is 6.55. The Bertz CT molecular complexity index is 393. The molecule has 2 fully saturated rings. The predicted molar refractivity (Wildman–Crippen MR) is 72.7 cm³/mol. The lowest BCUT2D eigenvalue weighted by Crippen LogP contribution is -2.19. The molecule has 0 atom stereocenters. The Morgan fingerprint density at radius 1 is 1.35 bits per heavy atom. The zero-order valence-electron chi connectivity index (χ0n) is 10.7. The van der Waals surface area contributed by atoms with Gasteiger partial charge < -0.3 is 10.2 Å². The number of nitrogens with zero attached hydrogens (tertiary/aromatic N) is 2. The van der Waals surface area contributed by atoms with Crippen molar-refractivity contribution in [3.63, 3.8) is 0 Å². The average molecular weight is 251 g/mol. The number of hydrogen-bond acceptors (Lipinski definition) is 4. The summed E-state index contributed by atoms with van der Waals surface area (Å²) < 4.78 is 0. The first-order valence-electron chi connectivity index (χ1n) is 6.63. The van der Waals surface area contributed by atoms with E-state index in [0.29, 0.717) is 0 Å². The van der Waals surface area contributed by atoms with Crippen molar-refractivity contribution in [2.75, 3.05) is 18.5 Å². The number of nitrogens with one attached hydrogen (secondary N) is 1. The van der Waals surface area contributed by atoms with Gasteiger partial charge in [0.15, 0.2) is 5.13 Å². The molecule has 1 aromatic rings. The molecule has 3 nitrogen and oxygen atoms in total. The molecule has 0 amide bonds. The molecule has 2 aliphatic rings. The Morgan fingerprint density at radius 2 is 2.12 bits per heavy atom. The van der Waals surface area contributed by atoms with Gasteiger partial charge >= 0.3 is 0 Å². The molecule has 0 aliphatic heterocycles. The average Bonchev–Trinajstić information content (AvgIpc) is 3.18. The number of rotatable bonds is 6. The van der Waals surface area contributed by atoms with Crippen molar-refractivity contribution in [3.05, 3.63) is 10.6 Å². The molecular weight excluding hydrogens is 230 g/mol.